The molecule has 1 heterocycles. The van der Waals surface area contributed by atoms with Gasteiger partial charge in [-0.1, -0.05) is 26.7 Å². The number of rotatable bonds is 4. The molecule has 98 valence electrons. The van der Waals surface area contributed by atoms with E-state index in [4.69, 9.17) is 5.26 Å². The quantitative estimate of drug-likeness (QED) is 0.777. The molecule has 0 radical (unpaired) electrons. The second kappa shape index (κ2) is 6.36. The van der Waals surface area contributed by atoms with Gasteiger partial charge < -0.3 is 0 Å². The average molecular weight is 258 g/mol. The first kappa shape index (κ1) is 14.5. The summed E-state index contributed by atoms with van der Waals surface area (Å²) in [6.45, 7) is 4.36. The molecule has 0 saturated carbocycles. The molecule has 0 aliphatic carbocycles. The number of sulfonamides is 1. The van der Waals surface area contributed by atoms with E-state index < -0.39 is 15.3 Å². The van der Waals surface area contributed by atoms with Gasteiger partial charge in [0, 0.05) is 12.6 Å². The van der Waals surface area contributed by atoms with Crippen molar-refractivity contribution in [1.82, 2.24) is 4.31 Å². The van der Waals surface area contributed by atoms with E-state index in [1.807, 2.05) is 13.0 Å². The predicted molar refractivity (Wildman–Crippen MR) is 67.9 cm³/mol. The van der Waals surface area contributed by atoms with Crippen molar-refractivity contribution in [3.05, 3.63) is 0 Å². The van der Waals surface area contributed by atoms with Gasteiger partial charge in [0.2, 0.25) is 10.0 Å². The molecule has 0 spiro atoms. The highest BCUT2D eigenvalue weighted by molar-refractivity contribution is 7.90. The van der Waals surface area contributed by atoms with Crippen LogP contribution in [0.3, 0.4) is 0 Å². The maximum absolute atomic E-state index is 12.4. The highest BCUT2D eigenvalue weighted by Crippen LogP contribution is 2.24. The molecule has 0 N–H and O–H groups in total. The van der Waals surface area contributed by atoms with Crippen LogP contribution in [0.2, 0.25) is 0 Å². The fourth-order valence-electron chi connectivity index (χ4n) is 2.43. The van der Waals surface area contributed by atoms with Crippen LogP contribution in [0.15, 0.2) is 0 Å². The summed E-state index contributed by atoms with van der Waals surface area (Å²) in [5.74, 6) is 0. The first-order valence-electron chi connectivity index (χ1n) is 6.48. The van der Waals surface area contributed by atoms with Crippen LogP contribution >= 0.6 is 0 Å². The smallest absolute Gasteiger partial charge is 0.211 e. The highest BCUT2D eigenvalue weighted by Gasteiger charge is 2.35. The van der Waals surface area contributed by atoms with E-state index in [1.54, 1.807) is 11.2 Å². The summed E-state index contributed by atoms with van der Waals surface area (Å²) in [6.07, 6.45) is 5.22. The molecule has 17 heavy (non-hydrogen) atoms. The molecule has 0 aromatic rings. The Bertz CT molecular complexity index is 372. The Labute approximate surface area is 105 Å². The number of hydrogen-bond donors (Lipinski definition) is 0. The predicted octanol–water partition coefficient (Wildman–Crippen LogP) is 2.27. The zero-order chi connectivity index (χ0) is 12.9. The molecule has 2 atom stereocenters. The zero-order valence-electron chi connectivity index (χ0n) is 10.7. The fourth-order valence-corrected chi connectivity index (χ4v) is 4.36. The summed E-state index contributed by atoms with van der Waals surface area (Å²) < 4.78 is 26.3. The molecule has 1 aliphatic heterocycles. The van der Waals surface area contributed by atoms with Crippen molar-refractivity contribution in [1.29, 1.82) is 5.26 Å². The minimum atomic E-state index is -3.44. The standard InChI is InChI=1S/C12H22N2O2S/c1-3-11-8-6-5-7-9-14(11)17(15,16)12(4-2)10-13/h11-12H,3-9H2,1-2H3. The minimum absolute atomic E-state index is 0.0879. The molecule has 4 nitrogen and oxygen atoms in total. The molecule has 2 unspecified atom stereocenters. The highest BCUT2D eigenvalue weighted by atomic mass is 32.2. The lowest BCUT2D eigenvalue weighted by molar-refractivity contribution is 0.313. The summed E-state index contributed by atoms with van der Waals surface area (Å²) in [5.41, 5.74) is 0. The topological polar surface area (TPSA) is 61.2 Å². The zero-order valence-corrected chi connectivity index (χ0v) is 11.5. The third-order valence-electron chi connectivity index (χ3n) is 3.50. The molecule has 1 fully saturated rings. The monoisotopic (exact) mass is 258 g/mol. The van der Waals surface area contributed by atoms with E-state index in [0.717, 1.165) is 32.1 Å². The first-order valence-corrected chi connectivity index (χ1v) is 7.98. The Morgan fingerprint density at radius 2 is 2.06 bits per heavy atom. The maximum Gasteiger partial charge on any atom is 0.230 e. The van der Waals surface area contributed by atoms with Crippen molar-refractivity contribution in [2.45, 2.75) is 63.7 Å². The molecule has 5 heteroatoms. The van der Waals surface area contributed by atoms with Gasteiger partial charge in [-0.05, 0) is 25.7 Å². The van der Waals surface area contributed by atoms with E-state index in [0.29, 0.717) is 13.0 Å². The summed E-state index contributed by atoms with van der Waals surface area (Å²) >= 11 is 0. The van der Waals surface area contributed by atoms with Crippen LogP contribution in [-0.2, 0) is 10.0 Å². The molecule has 1 saturated heterocycles. The van der Waals surface area contributed by atoms with Gasteiger partial charge in [-0.15, -0.1) is 0 Å². The molecule has 0 amide bonds. The lowest BCUT2D eigenvalue weighted by Gasteiger charge is -2.29. The van der Waals surface area contributed by atoms with Gasteiger partial charge in [-0.3, -0.25) is 0 Å². The molecule has 0 aromatic heterocycles. The molecular formula is C12H22N2O2S. The summed E-state index contributed by atoms with van der Waals surface area (Å²) in [7, 11) is -3.44. The van der Waals surface area contributed by atoms with Crippen LogP contribution < -0.4 is 0 Å². The van der Waals surface area contributed by atoms with Gasteiger partial charge in [0.15, 0.2) is 5.25 Å². The molecular weight excluding hydrogens is 236 g/mol. The largest absolute Gasteiger partial charge is 0.230 e. The Morgan fingerprint density at radius 3 is 2.59 bits per heavy atom. The first-order chi connectivity index (χ1) is 8.07. The van der Waals surface area contributed by atoms with Crippen LogP contribution in [-0.4, -0.2) is 30.6 Å². The van der Waals surface area contributed by atoms with Gasteiger partial charge >= 0.3 is 0 Å². The Balaban J connectivity index is 2.97. The van der Waals surface area contributed by atoms with Crippen LogP contribution in [0, 0.1) is 11.3 Å². The van der Waals surface area contributed by atoms with Gasteiger partial charge in [-0.2, -0.15) is 9.57 Å². The minimum Gasteiger partial charge on any atom is -0.211 e. The van der Waals surface area contributed by atoms with Crippen molar-refractivity contribution in [3.8, 4) is 6.07 Å². The summed E-state index contributed by atoms with van der Waals surface area (Å²) in [6, 6.07) is 2.01. The van der Waals surface area contributed by atoms with Crippen LogP contribution in [0.4, 0.5) is 0 Å². The van der Waals surface area contributed by atoms with Crippen LogP contribution in [0.25, 0.3) is 0 Å². The number of nitriles is 1. The molecule has 0 aromatic carbocycles. The second-order valence-electron chi connectivity index (χ2n) is 4.59. The normalized spacial score (nSPS) is 24.9. The van der Waals surface area contributed by atoms with E-state index in [9.17, 15) is 8.42 Å². The average Bonchev–Trinajstić information content (AvgIpc) is 2.55. The van der Waals surface area contributed by atoms with Crippen molar-refractivity contribution in [2.24, 2.45) is 0 Å². The van der Waals surface area contributed by atoms with Gasteiger partial charge in [-0.25, -0.2) is 8.42 Å². The summed E-state index contributed by atoms with van der Waals surface area (Å²) in [4.78, 5) is 0. The van der Waals surface area contributed by atoms with Gasteiger partial charge in [0.1, 0.15) is 0 Å². The van der Waals surface area contributed by atoms with Crippen LogP contribution in [0.5, 0.6) is 0 Å². The van der Waals surface area contributed by atoms with Crippen molar-refractivity contribution in [3.63, 3.8) is 0 Å². The van der Waals surface area contributed by atoms with Crippen LogP contribution in [0.1, 0.15) is 52.4 Å². The lowest BCUT2D eigenvalue weighted by atomic mass is 10.1. The fraction of sp³-hybridized carbons (Fsp3) is 0.917. The van der Waals surface area contributed by atoms with E-state index in [2.05, 4.69) is 0 Å². The van der Waals surface area contributed by atoms with E-state index in [-0.39, 0.29) is 6.04 Å². The SMILES string of the molecule is CCC1CCCCCN1S(=O)(=O)C(C#N)CC. The van der Waals surface area contributed by atoms with Gasteiger partial charge in [0.05, 0.1) is 6.07 Å². The summed E-state index contributed by atoms with van der Waals surface area (Å²) in [5, 5.41) is 8.09. The lowest BCUT2D eigenvalue weighted by Crippen LogP contribution is -2.44. The number of nitrogens with zero attached hydrogens (tertiary/aromatic N) is 2. The maximum atomic E-state index is 12.4. The molecule has 1 rings (SSSR count). The molecule has 1 aliphatic rings. The number of hydrogen-bond acceptors (Lipinski definition) is 3. The molecule has 0 bridgehead atoms. The van der Waals surface area contributed by atoms with Crippen molar-refractivity contribution >= 4 is 10.0 Å². The third-order valence-corrected chi connectivity index (χ3v) is 5.79. The Hall–Kier alpha value is -0.600. The third kappa shape index (κ3) is 3.20. The Kier molecular flexibility index (Phi) is 5.41. The van der Waals surface area contributed by atoms with Crippen molar-refractivity contribution in [2.75, 3.05) is 6.54 Å². The van der Waals surface area contributed by atoms with Gasteiger partial charge in [0.25, 0.3) is 0 Å². The second-order valence-corrected chi connectivity index (χ2v) is 6.66. The Morgan fingerprint density at radius 1 is 1.35 bits per heavy atom. The van der Waals surface area contributed by atoms with Crippen molar-refractivity contribution < 1.29 is 8.42 Å². The van der Waals surface area contributed by atoms with E-state index >= 15 is 0 Å². The van der Waals surface area contributed by atoms with E-state index in [1.165, 1.54) is 0 Å².